The Bertz CT molecular complexity index is 613. The first-order chi connectivity index (χ1) is 8.52. The van der Waals surface area contributed by atoms with Gasteiger partial charge in [-0.25, -0.2) is 9.97 Å². The molecule has 1 aromatic carbocycles. The number of anilines is 1. The van der Waals surface area contributed by atoms with Crippen LogP contribution in [-0.4, -0.2) is 28.2 Å². The summed E-state index contributed by atoms with van der Waals surface area (Å²) in [4.78, 5) is 19.2. The third-order valence-corrected chi connectivity index (χ3v) is 2.73. The number of carbonyl (C=O) groups is 1. The Balaban J connectivity index is 2.72. The second kappa shape index (κ2) is 4.48. The molecule has 1 aromatic heterocycles. The molecule has 0 aliphatic heterocycles. The molecule has 0 fully saturated rings. The monoisotopic (exact) mass is 247 g/mol. The average Bonchev–Trinajstić information content (AvgIpc) is 2.36. The van der Waals surface area contributed by atoms with Crippen molar-refractivity contribution in [3.05, 3.63) is 23.9 Å². The molecule has 1 unspecified atom stereocenters. The van der Waals surface area contributed by atoms with E-state index >= 15 is 0 Å². The number of methoxy groups -OCH3 is 1. The lowest BCUT2D eigenvalue weighted by Gasteiger charge is -2.11. The van der Waals surface area contributed by atoms with Crippen molar-refractivity contribution >= 4 is 22.8 Å². The first-order valence-electron chi connectivity index (χ1n) is 5.37. The van der Waals surface area contributed by atoms with Crippen LogP contribution in [-0.2, 0) is 4.79 Å². The summed E-state index contributed by atoms with van der Waals surface area (Å²) in [7, 11) is 1.54. The van der Waals surface area contributed by atoms with Crippen LogP contribution in [0.3, 0.4) is 0 Å². The Morgan fingerprint density at radius 3 is 2.78 bits per heavy atom. The van der Waals surface area contributed by atoms with Gasteiger partial charge in [-0.2, -0.15) is 0 Å². The quantitative estimate of drug-likeness (QED) is 0.850. The molecule has 0 radical (unpaired) electrons. The van der Waals surface area contributed by atoms with Crippen LogP contribution in [0.5, 0.6) is 5.75 Å². The van der Waals surface area contributed by atoms with Crippen molar-refractivity contribution in [1.82, 2.24) is 9.97 Å². The molecule has 2 rings (SSSR count). The molecule has 2 aromatic rings. The standard InChI is InChI=1S/C12H13N3O3/c1-6(11(16)17)10-8-5-7(18-2)3-4-9(8)14-12(13)15-10/h3-6H,1-2H3,(H,16,17)(H2,13,14,15). The fourth-order valence-corrected chi connectivity index (χ4v) is 1.72. The second-order valence-electron chi connectivity index (χ2n) is 3.91. The minimum absolute atomic E-state index is 0.0655. The molecular formula is C12H13N3O3. The van der Waals surface area contributed by atoms with Crippen molar-refractivity contribution in [2.45, 2.75) is 12.8 Å². The number of fused-ring (bicyclic) bond motifs is 1. The minimum atomic E-state index is -0.961. The van der Waals surface area contributed by atoms with E-state index in [0.717, 1.165) is 0 Å². The number of hydrogen-bond acceptors (Lipinski definition) is 5. The van der Waals surface area contributed by atoms with Gasteiger partial charge < -0.3 is 15.6 Å². The van der Waals surface area contributed by atoms with Gasteiger partial charge in [0, 0.05) is 5.39 Å². The molecule has 18 heavy (non-hydrogen) atoms. The molecule has 3 N–H and O–H groups in total. The highest BCUT2D eigenvalue weighted by molar-refractivity contribution is 5.88. The van der Waals surface area contributed by atoms with Crippen LogP contribution in [0.25, 0.3) is 10.9 Å². The zero-order valence-electron chi connectivity index (χ0n) is 10.0. The topological polar surface area (TPSA) is 98.3 Å². The summed E-state index contributed by atoms with van der Waals surface area (Å²) < 4.78 is 5.11. The van der Waals surface area contributed by atoms with E-state index in [4.69, 9.17) is 15.6 Å². The lowest BCUT2D eigenvalue weighted by atomic mass is 10.0. The number of nitrogen functional groups attached to an aromatic ring is 1. The van der Waals surface area contributed by atoms with Gasteiger partial charge in [0.15, 0.2) is 0 Å². The van der Waals surface area contributed by atoms with E-state index in [0.29, 0.717) is 22.3 Å². The van der Waals surface area contributed by atoms with Crippen LogP contribution < -0.4 is 10.5 Å². The van der Waals surface area contributed by atoms with E-state index in [9.17, 15) is 4.79 Å². The molecule has 0 bridgehead atoms. The first kappa shape index (κ1) is 12.1. The maximum absolute atomic E-state index is 11.1. The smallest absolute Gasteiger partial charge is 0.312 e. The number of hydrogen-bond donors (Lipinski definition) is 2. The Labute approximate surface area is 103 Å². The van der Waals surface area contributed by atoms with Gasteiger partial charge in [0.05, 0.1) is 24.2 Å². The summed E-state index contributed by atoms with van der Waals surface area (Å²) in [6, 6.07) is 5.18. The number of aliphatic carboxylic acids is 1. The molecule has 1 heterocycles. The van der Waals surface area contributed by atoms with Gasteiger partial charge >= 0.3 is 5.97 Å². The van der Waals surface area contributed by atoms with Crippen LogP contribution in [0.2, 0.25) is 0 Å². The molecule has 6 nitrogen and oxygen atoms in total. The third kappa shape index (κ3) is 2.04. The molecule has 1 atom stereocenters. The van der Waals surface area contributed by atoms with Crippen LogP contribution >= 0.6 is 0 Å². The van der Waals surface area contributed by atoms with Crippen molar-refractivity contribution in [2.24, 2.45) is 0 Å². The number of rotatable bonds is 3. The zero-order valence-corrected chi connectivity index (χ0v) is 10.0. The molecule has 0 aliphatic carbocycles. The predicted octanol–water partition coefficient (Wildman–Crippen LogP) is 1.41. The minimum Gasteiger partial charge on any atom is -0.497 e. The van der Waals surface area contributed by atoms with Crippen molar-refractivity contribution < 1.29 is 14.6 Å². The fourth-order valence-electron chi connectivity index (χ4n) is 1.72. The van der Waals surface area contributed by atoms with E-state index < -0.39 is 11.9 Å². The summed E-state index contributed by atoms with van der Waals surface area (Å²) in [5.74, 6) is -1.03. The largest absolute Gasteiger partial charge is 0.497 e. The van der Waals surface area contributed by atoms with Crippen LogP contribution in [0, 0.1) is 0 Å². The van der Waals surface area contributed by atoms with E-state index in [1.165, 1.54) is 0 Å². The number of carboxylic acids is 1. The molecule has 0 amide bonds. The summed E-state index contributed by atoms with van der Waals surface area (Å²) in [6.07, 6.45) is 0. The number of benzene rings is 1. The lowest BCUT2D eigenvalue weighted by Crippen LogP contribution is -2.12. The Morgan fingerprint density at radius 2 is 2.17 bits per heavy atom. The molecule has 0 saturated heterocycles. The highest BCUT2D eigenvalue weighted by atomic mass is 16.5. The number of nitrogens with two attached hydrogens (primary N) is 1. The second-order valence-corrected chi connectivity index (χ2v) is 3.91. The van der Waals surface area contributed by atoms with E-state index in [-0.39, 0.29) is 5.95 Å². The molecule has 0 saturated carbocycles. The predicted molar refractivity (Wildman–Crippen MR) is 66.6 cm³/mol. The van der Waals surface area contributed by atoms with Gasteiger partial charge in [0.25, 0.3) is 0 Å². The van der Waals surface area contributed by atoms with Gasteiger partial charge in [0.2, 0.25) is 5.95 Å². The van der Waals surface area contributed by atoms with Crippen LogP contribution in [0.15, 0.2) is 18.2 Å². The number of aromatic nitrogens is 2. The molecule has 0 aliphatic rings. The van der Waals surface area contributed by atoms with Gasteiger partial charge in [-0.3, -0.25) is 4.79 Å². The lowest BCUT2D eigenvalue weighted by molar-refractivity contribution is -0.138. The van der Waals surface area contributed by atoms with Gasteiger partial charge in [-0.05, 0) is 25.1 Å². The molecule has 0 spiro atoms. The summed E-state index contributed by atoms with van der Waals surface area (Å²) in [5, 5.41) is 9.72. The van der Waals surface area contributed by atoms with Crippen molar-refractivity contribution in [3.8, 4) is 5.75 Å². The van der Waals surface area contributed by atoms with Gasteiger partial charge in [0.1, 0.15) is 5.75 Å². The highest BCUT2D eigenvalue weighted by Gasteiger charge is 2.19. The number of ether oxygens (including phenoxy) is 1. The first-order valence-corrected chi connectivity index (χ1v) is 5.37. The average molecular weight is 247 g/mol. The summed E-state index contributed by atoms with van der Waals surface area (Å²) in [5.41, 5.74) is 6.58. The molecular weight excluding hydrogens is 234 g/mol. The normalized spacial score (nSPS) is 12.3. The fraction of sp³-hybridized carbons (Fsp3) is 0.250. The third-order valence-electron chi connectivity index (χ3n) is 2.73. The van der Waals surface area contributed by atoms with E-state index in [1.807, 2.05) is 0 Å². The zero-order chi connectivity index (χ0) is 13.3. The van der Waals surface area contributed by atoms with E-state index in [1.54, 1.807) is 32.2 Å². The number of nitrogens with zero attached hydrogens (tertiary/aromatic N) is 2. The number of carboxylic acid groups (broad SMARTS) is 1. The maximum Gasteiger partial charge on any atom is 0.312 e. The SMILES string of the molecule is COc1ccc2nc(N)nc(C(C)C(=O)O)c2c1. The molecule has 6 heteroatoms. The maximum atomic E-state index is 11.1. The van der Waals surface area contributed by atoms with Gasteiger partial charge in [-0.1, -0.05) is 0 Å². The Kier molecular flexibility index (Phi) is 3.01. The van der Waals surface area contributed by atoms with Crippen molar-refractivity contribution in [1.29, 1.82) is 0 Å². The summed E-state index contributed by atoms with van der Waals surface area (Å²) >= 11 is 0. The van der Waals surface area contributed by atoms with Crippen molar-refractivity contribution in [2.75, 3.05) is 12.8 Å². The molecule has 94 valence electrons. The Morgan fingerprint density at radius 1 is 1.44 bits per heavy atom. The highest BCUT2D eigenvalue weighted by Crippen LogP contribution is 2.27. The summed E-state index contributed by atoms with van der Waals surface area (Å²) in [6.45, 7) is 1.56. The van der Waals surface area contributed by atoms with Crippen molar-refractivity contribution in [3.63, 3.8) is 0 Å². The Hall–Kier alpha value is -2.37. The van der Waals surface area contributed by atoms with Crippen LogP contribution in [0.1, 0.15) is 18.5 Å². The van der Waals surface area contributed by atoms with Gasteiger partial charge in [-0.15, -0.1) is 0 Å². The van der Waals surface area contributed by atoms with Crippen LogP contribution in [0.4, 0.5) is 5.95 Å². The van der Waals surface area contributed by atoms with E-state index in [2.05, 4.69) is 9.97 Å².